The molecule has 0 radical (unpaired) electrons. The molecule has 0 N–H and O–H groups in total. The summed E-state index contributed by atoms with van der Waals surface area (Å²) >= 11 is 7.62. The number of halogens is 1. The molecule has 0 fully saturated rings. The van der Waals surface area contributed by atoms with Crippen LogP contribution in [0.3, 0.4) is 0 Å². The zero-order valence-electron chi connectivity index (χ0n) is 11.8. The second-order valence-corrected chi connectivity index (χ2v) is 6.82. The maximum absolute atomic E-state index is 12.1. The van der Waals surface area contributed by atoms with Gasteiger partial charge in [0.25, 0.3) is 0 Å². The maximum atomic E-state index is 12.1. The number of thioether (sulfide) groups is 1. The van der Waals surface area contributed by atoms with Crippen LogP contribution in [0.4, 0.5) is 0 Å². The molecule has 0 saturated heterocycles. The predicted octanol–water partition coefficient (Wildman–Crippen LogP) is 4.73. The number of ketones is 1. The van der Waals surface area contributed by atoms with Crippen LogP contribution < -0.4 is 0 Å². The molecule has 2 aromatic rings. The number of hydrogen-bond acceptors (Lipinski definition) is 2. The van der Waals surface area contributed by atoms with Crippen LogP contribution >= 0.6 is 23.4 Å². The zero-order valence-corrected chi connectivity index (χ0v) is 13.3. The molecule has 0 atom stereocenters. The van der Waals surface area contributed by atoms with Gasteiger partial charge in [-0.3, -0.25) is 4.79 Å². The van der Waals surface area contributed by atoms with E-state index in [9.17, 15) is 4.79 Å². The van der Waals surface area contributed by atoms with Gasteiger partial charge in [-0.05, 0) is 48.1 Å². The van der Waals surface area contributed by atoms with Gasteiger partial charge < -0.3 is 0 Å². The van der Waals surface area contributed by atoms with Gasteiger partial charge in [0, 0.05) is 11.3 Å². The van der Waals surface area contributed by atoms with Crippen molar-refractivity contribution in [3.05, 3.63) is 64.2 Å². The van der Waals surface area contributed by atoms with Crippen LogP contribution in [-0.2, 0) is 24.1 Å². The average molecular weight is 317 g/mol. The normalized spacial score (nSPS) is 13.2. The Morgan fingerprint density at radius 2 is 1.90 bits per heavy atom. The lowest BCUT2D eigenvalue weighted by Gasteiger charge is -2.06. The third kappa shape index (κ3) is 3.69. The second-order valence-electron chi connectivity index (χ2n) is 5.39. The van der Waals surface area contributed by atoms with Crippen LogP contribution in [0.2, 0.25) is 5.02 Å². The van der Waals surface area contributed by atoms with Crippen molar-refractivity contribution in [1.82, 2.24) is 0 Å². The number of fused-ring (bicyclic) bond motifs is 1. The fourth-order valence-corrected chi connectivity index (χ4v) is 3.83. The van der Waals surface area contributed by atoms with E-state index in [2.05, 4.69) is 18.2 Å². The van der Waals surface area contributed by atoms with Gasteiger partial charge >= 0.3 is 0 Å². The van der Waals surface area contributed by atoms with Gasteiger partial charge in [-0.2, -0.15) is 0 Å². The molecule has 0 bridgehead atoms. The number of benzene rings is 2. The van der Waals surface area contributed by atoms with E-state index in [1.807, 2.05) is 24.3 Å². The van der Waals surface area contributed by atoms with Crippen molar-refractivity contribution in [2.45, 2.75) is 30.6 Å². The van der Waals surface area contributed by atoms with E-state index in [1.165, 1.54) is 35.7 Å². The quantitative estimate of drug-likeness (QED) is 0.742. The van der Waals surface area contributed by atoms with Crippen molar-refractivity contribution in [3.63, 3.8) is 0 Å². The van der Waals surface area contributed by atoms with Gasteiger partial charge in [-0.15, -0.1) is 11.8 Å². The van der Waals surface area contributed by atoms with Crippen LogP contribution in [0.5, 0.6) is 0 Å². The summed E-state index contributed by atoms with van der Waals surface area (Å²) in [6, 6.07) is 14.2. The lowest BCUT2D eigenvalue weighted by Crippen LogP contribution is -2.06. The van der Waals surface area contributed by atoms with E-state index in [0.717, 1.165) is 16.9 Å². The van der Waals surface area contributed by atoms with E-state index in [1.54, 1.807) is 0 Å². The van der Waals surface area contributed by atoms with Crippen LogP contribution in [0.15, 0.2) is 47.4 Å². The summed E-state index contributed by atoms with van der Waals surface area (Å²) < 4.78 is 0. The Hall–Kier alpha value is -1.25. The van der Waals surface area contributed by atoms with Crippen LogP contribution in [0.25, 0.3) is 0 Å². The Balaban J connectivity index is 1.58. The summed E-state index contributed by atoms with van der Waals surface area (Å²) in [5.74, 6) is 0.721. The average Bonchev–Trinajstić information content (AvgIpc) is 2.94. The highest BCUT2D eigenvalue weighted by Crippen LogP contribution is 2.27. The number of carbonyl (C=O) groups excluding carboxylic acids is 1. The highest BCUT2D eigenvalue weighted by molar-refractivity contribution is 8.00. The van der Waals surface area contributed by atoms with Crippen LogP contribution in [-0.4, -0.2) is 11.5 Å². The highest BCUT2D eigenvalue weighted by atomic mass is 35.5. The molecule has 3 heteroatoms. The highest BCUT2D eigenvalue weighted by Gasteiger charge is 2.12. The molecule has 1 nitrogen and oxygen atoms in total. The molecule has 0 amide bonds. The summed E-state index contributed by atoms with van der Waals surface area (Å²) in [4.78, 5) is 13.1. The minimum Gasteiger partial charge on any atom is -0.298 e. The van der Waals surface area contributed by atoms with Crippen molar-refractivity contribution in [2.24, 2.45) is 0 Å². The van der Waals surface area contributed by atoms with Crippen molar-refractivity contribution in [3.8, 4) is 0 Å². The Kier molecular flexibility index (Phi) is 4.67. The topological polar surface area (TPSA) is 17.1 Å². The lowest BCUT2D eigenvalue weighted by molar-refractivity contribution is -0.116. The van der Waals surface area contributed by atoms with Gasteiger partial charge in [0.2, 0.25) is 0 Å². The zero-order chi connectivity index (χ0) is 14.7. The van der Waals surface area contributed by atoms with E-state index in [4.69, 9.17) is 11.6 Å². The number of Topliss-reactive ketones (excluding diaryl/α,β-unsaturated/α-hetero) is 1. The van der Waals surface area contributed by atoms with Crippen molar-refractivity contribution in [2.75, 3.05) is 5.75 Å². The SMILES string of the molecule is O=C(CSc1ccccc1Cl)Cc1ccc2c(c1)CCC2. The van der Waals surface area contributed by atoms with Crippen LogP contribution in [0, 0.1) is 0 Å². The maximum Gasteiger partial charge on any atom is 0.147 e. The third-order valence-electron chi connectivity index (χ3n) is 3.79. The van der Waals surface area contributed by atoms with Gasteiger partial charge in [-0.1, -0.05) is 41.9 Å². The van der Waals surface area contributed by atoms with Crippen molar-refractivity contribution >= 4 is 29.1 Å². The summed E-state index contributed by atoms with van der Waals surface area (Å²) in [5.41, 5.74) is 4.02. The number of hydrogen-bond donors (Lipinski definition) is 0. The van der Waals surface area contributed by atoms with Gasteiger partial charge in [0.15, 0.2) is 0 Å². The number of aryl methyl sites for hydroxylation is 2. The molecule has 108 valence electrons. The molecule has 0 unspecified atom stereocenters. The van der Waals surface area contributed by atoms with E-state index in [-0.39, 0.29) is 5.78 Å². The van der Waals surface area contributed by atoms with E-state index < -0.39 is 0 Å². The molecule has 0 saturated carbocycles. The molecule has 3 rings (SSSR count). The second kappa shape index (κ2) is 6.67. The van der Waals surface area contributed by atoms with Gasteiger partial charge in [0.05, 0.1) is 10.8 Å². The minimum atomic E-state index is 0.248. The van der Waals surface area contributed by atoms with Gasteiger partial charge in [0.1, 0.15) is 5.78 Å². The Bertz CT molecular complexity index is 666. The first-order valence-electron chi connectivity index (χ1n) is 7.22. The van der Waals surface area contributed by atoms with Crippen LogP contribution in [0.1, 0.15) is 23.1 Å². The number of carbonyl (C=O) groups is 1. The molecule has 0 aliphatic heterocycles. The summed E-state index contributed by atoms with van der Waals surface area (Å²) in [5, 5.41) is 0.716. The molecular formula is C18H17ClOS. The molecule has 0 aromatic heterocycles. The smallest absolute Gasteiger partial charge is 0.147 e. The first-order chi connectivity index (χ1) is 10.2. The fraction of sp³-hybridized carbons (Fsp3) is 0.278. The van der Waals surface area contributed by atoms with E-state index >= 15 is 0 Å². The molecule has 1 aliphatic carbocycles. The minimum absolute atomic E-state index is 0.248. The molecule has 2 aromatic carbocycles. The fourth-order valence-electron chi connectivity index (χ4n) is 2.73. The van der Waals surface area contributed by atoms with Crippen molar-refractivity contribution < 1.29 is 4.79 Å². The summed E-state index contributed by atoms with van der Waals surface area (Å²) in [6.45, 7) is 0. The largest absolute Gasteiger partial charge is 0.298 e. The first kappa shape index (κ1) is 14.7. The number of rotatable bonds is 5. The monoisotopic (exact) mass is 316 g/mol. The Morgan fingerprint density at radius 3 is 2.76 bits per heavy atom. The summed E-state index contributed by atoms with van der Waals surface area (Å²) in [6.07, 6.45) is 4.11. The van der Waals surface area contributed by atoms with E-state index in [0.29, 0.717) is 17.2 Å². The molecule has 0 spiro atoms. The molecule has 1 aliphatic rings. The molecule has 0 heterocycles. The van der Waals surface area contributed by atoms with Gasteiger partial charge in [-0.25, -0.2) is 0 Å². The van der Waals surface area contributed by atoms with Crippen molar-refractivity contribution in [1.29, 1.82) is 0 Å². The summed E-state index contributed by atoms with van der Waals surface area (Å²) in [7, 11) is 0. The molecule has 21 heavy (non-hydrogen) atoms. The predicted molar refractivity (Wildman–Crippen MR) is 89.4 cm³/mol. The Morgan fingerprint density at radius 1 is 1.10 bits per heavy atom. The molecular weight excluding hydrogens is 300 g/mol. The standard InChI is InChI=1S/C18H17ClOS/c19-17-6-1-2-7-18(17)21-12-16(20)11-13-8-9-14-4-3-5-15(14)10-13/h1-2,6-10H,3-5,11-12H2. The Labute approximate surface area is 134 Å². The first-order valence-corrected chi connectivity index (χ1v) is 8.58. The lowest BCUT2D eigenvalue weighted by atomic mass is 10.0. The third-order valence-corrected chi connectivity index (χ3v) is 5.36.